The van der Waals surface area contributed by atoms with E-state index in [1.165, 1.54) is 0 Å². The molecule has 6 nitrogen and oxygen atoms in total. The lowest BCUT2D eigenvalue weighted by Crippen LogP contribution is -2.47. The van der Waals surface area contributed by atoms with Crippen LogP contribution in [-0.4, -0.2) is 60.7 Å². The van der Waals surface area contributed by atoms with Crippen LogP contribution >= 0.6 is 0 Å². The lowest BCUT2D eigenvalue weighted by molar-refractivity contribution is -0.163. The van der Waals surface area contributed by atoms with E-state index in [2.05, 4.69) is 4.74 Å². The van der Waals surface area contributed by atoms with Gasteiger partial charge in [-0.15, -0.1) is 0 Å². The zero-order valence-electron chi connectivity index (χ0n) is 10.9. The fourth-order valence-electron chi connectivity index (χ4n) is 1.95. The molecule has 0 saturated carbocycles. The fourth-order valence-corrected chi connectivity index (χ4v) is 1.95. The predicted molar refractivity (Wildman–Crippen MR) is 60.1 cm³/mol. The third-order valence-electron chi connectivity index (χ3n) is 2.83. The number of halogens is 3. The van der Waals surface area contributed by atoms with Crippen molar-refractivity contribution in [3.63, 3.8) is 0 Å². The Kier molecular flexibility index (Phi) is 5.61. The molecule has 20 heavy (non-hydrogen) atoms. The lowest BCUT2D eigenvalue weighted by atomic mass is 10.0. The van der Waals surface area contributed by atoms with Gasteiger partial charge in [0.2, 0.25) is 0 Å². The monoisotopic (exact) mass is 299 g/mol. The number of amides is 1. The summed E-state index contributed by atoms with van der Waals surface area (Å²) in [6.07, 6.45) is -5.33. The molecular weight excluding hydrogens is 283 g/mol. The van der Waals surface area contributed by atoms with Gasteiger partial charge in [0.05, 0.1) is 19.3 Å². The molecule has 1 amide bonds. The highest BCUT2D eigenvalue weighted by Crippen LogP contribution is 2.22. The minimum Gasteiger partial charge on any atom is -0.481 e. The zero-order chi connectivity index (χ0) is 15.3. The van der Waals surface area contributed by atoms with Crippen LogP contribution in [0.3, 0.4) is 0 Å². The maximum atomic E-state index is 12.0. The maximum absolute atomic E-state index is 12.0. The molecule has 0 aromatic heterocycles. The highest BCUT2D eigenvalue weighted by Gasteiger charge is 2.41. The molecule has 1 aliphatic rings. The van der Waals surface area contributed by atoms with E-state index >= 15 is 0 Å². The molecule has 116 valence electrons. The number of rotatable bonds is 5. The first-order chi connectivity index (χ1) is 9.26. The molecule has 9 heteroatoms. The second-order valence-corrected chi connectivity index (χ2v) is 4.41. The Morgan fingerprint density at radius 1 is 1.40 bits per heavy atom. The number of carboxylic acids is 1. The summed E-state index contributed by atoms with van der Waals surface area (Å²) in [5.74, 6) is -2.11. The second kappa shape index (κ2) is 6.78. The van der Waals surface area contributed by atoms with Gasteiger partial charge in [-0.3, -0.25) is 4.79 Å². The van der Waals surface area contributed by atoms with Crippen molar-refractivity contribution in [3.8, 4) is 0 Å². The van der Waals surface area contributed by atoms with Crippen molar-refractivity contribution in [2.24, 2.45) is 5.92 Å². The molecular formula is C11H16F3NO5. The number of hydrogen-bond acceptors (Lipinski definition) is 4. The van der Waals surface area contributed by atoms with E-state index < -0.39 is 36.8 Å². The average molecular weight is 299 g/mol. The molecule has 1 heterocycles. The Balaban J connectivity index is 2.72. The van der Waals surface area contributed by atoms with Gasteiger partial charge in [0.25, 0.3) is 0 Å². The van der Waals surface area contributed by atoms with E-state index in [0.29, 0.717) is 6.42 Å². The molecule has 0 bridgehead atoms. The minimum atomic E-state index is -4.62. The highest BCUT2D eigenvalue weighted by molar-refractivity contribution is 5.74. The Hall–Kier alpha value is -1.51. The normalized spacial score (nSPS) is 22.6. The van der Waals surface area contributed by atoms with Gasteiger partial charge >= 0.3 is 18.2 Å². The molecule has 2 atom stereocenters. The van der Waals surface area contributed by atoms with Crippen molar-refractivity contribution in [2.75, 3.05) is 26.4 Å². The molecule has 0 aliphatic carbocycles. The summed E-state index contributed by atoms with van der Waals surface area (Å²) in [5, 5.41) is 9.00. The van der Waals surface area contributed by atoms with Gasteiger partial charge in [0.1, 0.15) is 5.92 Å². The number of hydrogen-bond donors (Lipinski definition) is 1. The van der Waals surface area contributed by atoms with Gasteiger partial charge in [-0.05, 0) is 6.42 Å². The minimum absolute atomic E-state index is 0.0297. The van der Waals surface area contributed by atoms with Gasteiger partial charge in [-0.25, -0.2) is 4.79 Å². The quantitative estimate of drug-likeness (QED) is 0.832. The van der Waals surface area contributed by atoms with Gasteiger partial charge in [-0.2, -0.15) is 13.2 Å². The number of alkyl halides is 3. The Morgan fingerprint density at radius 3 is 2.55 bits per heavy atom. The summed E-state index contributed by atoms with van der Waals surface area (Å²) < 4.78 is 45.3. The first-order valence-electron chi connectivity index (χ1n) is 6.07. The topological polar surface area (TPSA) is 76.1 Å². The molecule has 1 N–H and O–H groups in total. The number of carbonyl (C=O) groups is 2. The van der Waals surface area contributed by atoms with Crippen LogP contribution < -0.4 is 0 Å². The largest absolute Gasteiger partial charge is 0.481 e. The van der Waals surface area contributed by atoms with Crippen LogP contribution in [0.1, 0.15) is 13.3 Å². The SMILES string of the molecule is CCCN(C(=O)OCC(F)(F)F)C1COCC1C(=O)O. The lowest BCUT2D eigenvalue weighted by Gasteiger charge is -2.29. The van der Waals surface area contributed by atoms with E-state index in [0.717, 1.165) is 4.90 Å². The van der Waals surface area contributed by atoms with Crippen molar-refractivity contribution >= 4 is 12.1 Å². The molecule has 0 radical (unpaired) electrons. The van der Waals surface area contributed by atoms with Crippen LogP contribution in [0.2, 0.25) is 0 Å². The first-order valence-corrected chi connectivity index (χ1v) is 6.07. The van der Waals surface area contributed by atoms with Crippen molar-refractivity contribution in [3.05, 3.63) is 0 Å². The van der Waals surface area contributed by atoms with Crippen molar-refractivity contribution in [1.29, 1.82) is 0 Å². The fraction of sp³-hybridized carbons (Fsp3) is 0.818. The summed E-state index contributed by atoms with van der Waals surface area (Å²) in [7, 11) is 0. The van der Waals surface area contributed by atoms with Gasteiger partial charge in [0.15, 0.2) is 6.61 Å². The summed E-state index contributed by atoms with van der Waals surface area (Å²) in [5.41, 5.74) is 0. The Bertz CT molecular complexity index is 360. The molecule has 1 rings (SSSR count). The molecule has 2 unspecified atom stereocenters. The standard InChI is InChI=1S/C11H16F3NO5/c1-2-3-15(10(18)20-6-11(12,13)14)8-5-19-4-7(8)9(16)17/h7-8H,2-6H2,1H3,(H,16,17). The van der Waals surface area contributed by atoms with Crippen LogP contribution in [0, 0.1) is 5.92 Å². The summed E-state index contributed by atoms with van der Waals surface area (Å²) >= 11 is 0. The van der Waals surface area contributed by atoms with E-state index in [1.807, 2.05) is 0 Å². The average Bonchev–Trinajstić information content (AvgIpc) is 2.81. The molecule has 0 aromatic rings. The molecule has 0 spiro atoms. The molecule has 1 saturated heterocycles. The summed E-state index contributed by atoms with van der Waals surface area (Å²) in [4.78, 5) is 23.7. The van der Waals surface area contributed by atoms with E-state index in [9.17, 15) is 22.8 Å². The van der Waals surface area contributed by atoms with Crippen LogP contribution in [0.4, 0.5) is 18.0 Å². The second-order valence-electron chi connectivity index (χ2n) is 4.41. The smallest absolute Gasteiger partial charge is 0.422 e. The number of carboxylic acid groups (broad SMARTS) is 1. The number of nitrogens with zero attached hydrogens (tertiary/aromatic N) is 1. The number of ether oxygens (including phenoxy) is 2. The number of carbonyl (C=O) groups excluding carboxylic acids is 1. The van der Waals surface area contributed by atoms with Crippen LogP contribution in [0.5, 0.6) is 0 Å². The van der Waals surface area contributed by atoms with Crippen molar-refractivity contribution < 1.29 is 37.3 Å². The molecule has 1 fully saturated rings. The van der Waals surface area contributed by atoms with Gasteiger partial charge < -0.3 is 19.5 Å². The molecule has 0 aromatic carbocycles. The van der Waals surface area contributed by atoms with E-state index in [-0.39, 0.29) is 19.8 Å². The van der Waals surface area contributed by atoms with E-state index in [1.54, 1.807) is 6.92 Å². The third-order valence-corrected chi connectivity index (χ3v) is 2.83. The summed E-state index contributed by atoms with van der Waals surface area (Å²) in [6.45, 7) is 0.0202. The highest BCUT2D eigenvalue weighted by atomic mass is 19.4. The van der Waals surface area contributed by atoms with Crippen molar-refractivity contribution in [1.82, 2.24) is 4.90 Å². The summed E-state index contributed by atoms with van der Waals surface area (Å²) in [6, 6.07) is -0.812. The Morgan fingerprint density at radius 2 is 2.05 bits per heavy atom. The third kappa shape index (κ3) is 4.55. The number of aliphatic carboxylic acids is 1. The Labute approximate surface area is 113 Å². The first kappa shape index (κ1) is 16.5. The van der Waals surface area contributed by atoms with Crippen LogP contribution in [0.15, 0.2) is 0 Å². The predicted octanol–water partition coefficient (Wildman–Crippen LogP) is 1.50. The van der Waals surface area contributed by atoms with Crippen LogP contribution in [0.25, 0.3) is 0 Å². The molecule has 1 aliphatic heterocycles. The maximum Gasteiger partial charge on any atom is 0.422 e. The van der Waals surface area contributed by atoms with Gasteiger partial charge in [-0.1, -0.05) is 6.92 Å². The van der Waals surface area contributed by atoms with Crippen LogP contribution in [-0.2, 0) is 14.3 Å². The van der Waals surface area contributed by atoms with E-state index in [4.69, 9.17) is 9.84 Å². The van der Waals surface area contributed by atoms with Gasteiger partial charge in [0, 0.05) is 6.54 Å². The zero-order valence-corrected chi connectivity index (χ0v) is 10.9. The van der Waals surface area contributed by atoms with Crippen molar-refractivity contribution in [2.45, 2.75) is 25.6 Å².